The molecule has 1 saturated carbocycles. The Morgan fingerprint density at radius 3 is 3.00 bits per heavy atom. The quantitative estimate of drug-likeness (QED) is 0.516. The molecule has 0 spiro atoms. The van der Waals surface area contributed by atoms with E-state index in [1.165, 1.54) is 18.0 Å². The molecule has 32 heavy (non-hydrogen) atoms. The molecule has 2 aromatic carbocycles. The monoisotopic (exact) mass is 458 g/mol. The molecule has 5 rings (SSSR count). The number of anilines is 1. The molecule has 170 valence electrons. The minimum absolute atomic E-state index is 0.148. The molecule has 2 fully saturated rings. The number of ether oxygens (including phenoxy) is 1. The van der Waals surface area contributed by atoms with Crippen molar-refractivity contribution in [1.82, 2.24) is 4.90 Å². The van der Waals surface area contributed by atoms with Gasteiger partial charge in [0.2, 0.25) is 0 Å². The Labute approximate surface area is 190 Å². The second kappa shape index (κ2) is 8.92. The van der Waals surface area contributed by atoms with E-state index in [4.69, 9.17) is 9.84 Å². The zero-order chi connectivity index (χ0) is 22.2. The van der Waals surface area contributed by atoms with E-state index in [0.717, 1.165) is 48.4 Å². The van der Waals surface area contributed by atoms with Crippen molar-refractivity contribution in [2.75, 3.05) is 37.6 Å². The molecule has 1 aliphatic carbocycles. The third-order valence-corrected chi connectivity index (χ3v) is 7.69. The average Bonchev–Trinajstić information content (AvgIpc) is 3.45. The minimum atomic E-state index is -1.02. The Balaban J connectivity index is 1.34. The van der Waals surface area contributed by atoms with E-state index < -0.39 is 5.97 Å². The van der Waals surface area contributed by atoms with E-state index in [1.807, 2.05) is 12.1 Å². The summed E-state index contributed by atoms with van der Waals surface area (Å²) in [5.74, 6) is 0.527. The molecule has 0 bridgehead atoms. The van der Waals surface area contributed by atoms with Crippen LogP contribution in [0.3, 0.4) is 0 Å². The van der Waals surface area contributed by atoms with Crippen LogP contribution in [0.15, 0.2) is 35.2 Å². The highest BCUT2D eigenvalue weighted by molar-refractivity contribution is 8.00. The molecule has 3 aliphatic rings. The Kier molecular flexibility index (Phi) is 6.01. The molecular weight excluding hydrogens is 431 g/mol. The van der Waals surface area contributed by atoms with Crippen LogP contribution in [0.5, 0.6) is 5.75 Å². The van der Waals surface area contributed by atoms with Crippen molar-refractivity contribution in [3.63, 3.8) is 0 Å². The van der Waals surface area contributed by atoms with Crippen LogP contribution in [-0.2, 0) is 6.42 Å². The summed E-state index contributed by atoms with van der Waals surface area (Å²) in [5, 5.41) is 19.0. The van der Waals surface area contributed by atoms with Gasteiger partial charge in [0.1, 0.15) is 17.1 Å². The highest BCUT2D eigenvalue weighted by Gasteiger charge is 2.45. The highest BCUT2D eigenvalue weighted by atomic mass is 32.2. The number of aromatic carboxylic acids is 1. The SMILES string of the molecule is O=C(O)c1c(NSc2ccc(F)cc2CC2CCN(CCO)C2)ccc2c1OCC1CC21. The highest BCUT2D eigenvalue weighted by Crippen LogP contribution is 2.55. The van der Waals surface area contributed by atoms with E-state index in [2.05, 4.69) is 9.62 Å². The first-order valence-electron chi connectivity index (χ1n) is 11.1. The van der Waals surface area contributed by atoms with Gasteiger partial charge in [0, 0.05) is 23.9 Å². The number of fused-ring (bicyclic) bond motifs is 3. The summed E-state index contributed by atoms with van der Waals surface area (Å²) in [4.78, 5) is 15.2. The van der Waals surface area contributed by atoms with Gasteiger partial charge in [-0.2, -0.15) is 0 Å². The zero-order valence-corrected chi connectivity index (χ0v) is 18.5. The first-order chi connectivity index (χ1) is 15.5. The van der Waals surface area contributed by atoms with Crippen molar-refractivity contribution in [1.29, 1.82) is 0 Å². The maximum Gasteiger partial charge on any atom is 0.341 e. The number of benzene rings is 2. The number of likely N-dealkylation sites (tertiary alicyclic amines) is 1. The number of nitrogens with one attached hydrogen (secondary N) is 1. The standard InChI is InChI=1S/C24H27FN2O4S/c25-17-1-4-21(15(10-17)9-14-5-6-27(12-14)7-8-28)32-26-20-3-2-18-19-11-16(19)13-31-23(18)22(20)24(29)30/h1-4,10,14,16,19,26,28H,5-9,11-13H2,(H,29,30). The molecular formula is C24H27FN2O4S. The van der Waals surface area contributed by atoms with Gasteiger partial charge < -0.3 is 24.6 Å². The predicted octanol–water partition coefficient (Wildman–Crippen LogP) is 4.00. The number of hydrogen-bond donors (Lipinski definition) is 3. The molecule has 0 radical (unpaired) electrons. The largest absolute Gasteiger partial charge is 0.492 e. The number of halogens is 1. The predicted molar refractivity (Wildman–Crippen MR) is 121 cm³/mol. The van der Waals surface area contributed by atoms with Gasteiger partial charge in [0.15, 0.2) is 0 Å². The topological polar surface area (TPSA) is 82.0 Å². The molecule has 2 aromatic rings. The number of nitrogens with zero attached hydrogens (tertiary/aromatic N) is 1. The van der Waals surface area contributed by atoms with Gasteiger partial charge in [-0.15, -0.1) is 0 Å². The lowest BCUT2D eigenvalue weighted by atomic mass is 9.98. The first-order valence-corrected chi connectivity index (χ1v) is 11.9. The van der Waals surface area contributed by atoms with Gasteiger partial charge in [-0.1, -0.05) is 6.07 Å². The molecule has 2 aliphatic heterocycles. The lowest BCUT2D eigenvalue weighted by Crippen LogP contribution is -2.24. The van der Waals surface area contributed by atoms with Gasteiger partial charge in [0.05, 0.1) is 18.9 Å². The Morgan fingerprint density at radius 1 is 1.31 bits per heavy atom. The number of aliphatic hydroxyl groups is 1. The summed E-state index contributed by atoms with van der Waals surface area (Å²) in [6, 6.07) is 8.52. The fourth-order valence-electron chi connectivity index (χ4n) is 5.00. The van der Waals surface area contributed by atoms with E-state index in [1.54, 1.807) is 12.1 Å². The lowest BCUT2D eigenvalue weighted by Gasteiger charge is -2.21. The van der Waals surface area contributed by atoms with Gasteiger partial charge in [-0.3, -0.25) is 0 Å². The van der Waals surface area contributed by atoms with Crippen molar-refractivity contribution >= 4 is 23.6 Å². The summed E-state index contributed by atoms with van der Waals surface area (Å²) in [5.41, 5.74) is 2.56. The number of carboxylic acid groups (broad SMARTS) is 1. The van der Waals surface area contributed by atoms with E-state index in [0.29, 0.717) is 42.3 Å². The molecule has 0 aromatic heterocycles. The summed E-state index contributed by atoms with van der Waals surface area (Å²) >= 11 is 1.31. The summed E-state index contributed by atoms with van der Waals surface area (Å²) < 4.78 is 23.0. The maximum atomic E-state index is 14.0. The van der Waals surface area contributed by atoms with Crippen molar-refractivity contribution in [2.24, 2.45) is 11.8 Å². The van der Waals surface area contributed by atoms with E-state index in [9.17, 15) is 14.3 Å². The van der Waals surface area contributed by atoms with Crippen LogP contribution in [0.25, 0.3) is 0 Å². The molecule has 0 amide bonds. The number of rotatable bonds is 8. The van der Waals surface area contributed by atoms with Crippen LogP contribution in [0, 0.1) is 17.7 Å². The van der Waals surface area contributed by atoms with Crippen LogP contribution >= 0.6 is 11.9 Å². The second-order valence-electron chi connectivity index (χ2n) is 8.96. The molecule has 3 atom stereocenters. The molecule has 3 unspecified atom stereocenters. The Morgan fingerprint density at radius 2 is 2.19 bits per heavy atom. The normalized spacial score (nSPS) is 23.9. The second-order valence-corrected chi connectivity index (χ2v) is 9.81. The number of carboxylic acids is 1. The summed E-state index contributed by atoms with van der Waals surface area (Å²) in [6.45, 7) is 3.23. The van der Waals surface area contributed by atoms with E-state index >= 15 is 0 Å². The Hall–Kier alpha value is -2.29. The molecule has 6 nitrogen and oxygen atoms in total. The van der Waals surface area contributed by atoms with Gasteiger partial charge >= 0.3 is 5.97 Å². The summed E-state index contributed by atoms with van der Waals surface area (Å²) in [7, 11) is 0. The zero-order valence-electron chi connectivity index (χ0n) is 17.7. The maximum absolute atomic E-state index is 14.0. The average molecular weight is 459 g/mol. The van der Waals surface area contributed by atoms with Crippen molar-refractivity contribution in [2.45, 2.75) is 30.1 Å². The van der Waals surface area contributed by atoms with Crippen LogP contribution in [-0.4, -0.2) is 53.9 Å². The number of aliphatic hydroxyl groups excluding tert-OH is 1. The third-order valence-electron chi connectivity index (χ3n) is 6.75. The fraction of sp³-hybridized carbons (Fsp3) is 0.458. The fourth-order valence-corrected chi connectivity index (χ4v) is 5.80. The van der Waals surface area contributed by atoms with E-state index in [-0.39, 0.29) is 18.0 Å². The van der Waals surface area contributed by atoms with Gasteiger partial charge in [-0.05, 0) is 85.0 Å². The molecule has 1 saturated heterocycles. The molecule has 3 N–H and O–H groups in total. The van der Waals surface area contributed by atoms with Gasteiger partial charge in [-0.25, -0.2) is 9.18 Å². The smallest absolute Gasteiger partial charge is 0.341 e. The van der Waals surface area contributed by atoms with Crippen molar-refractivity contribution < 1.29 is 24.1 Å². The van der Waals surface area contributed by atoms with Crippen molar-refractivity contribution in [3.05, 3.63) is 52.8 Å². The summed E-state index contributed by atoms with van der Waals surface area (Å²) in [6.07, 6.45) is 2.82. The van der Waals surface area contributed by atoms with Crippen LogP contribution in [0.1, 0.15) is 40.2 Å². The van der Waals surface area contributed by atoms with Crippen LogP contribution in [0.2, 0.25) is 0 Å². The number of hydrogen-bond acceptors (Lipinski definition) is 6. The first kappa shape index (κ1) is 21.6. The lowest BCUT2D eigenvalue weighted by molar-refractivity contribution is 0.0692. The van der Waals surface area contributed by atoms with Crippen LogP contribution < -0.4 is 9.46 Å². The third kappa shape index (κ3) is 4.31. The minimum Gasteiger partial charge on any atom is -0.492 e. The number of β-amino-alcohol motifs (C(OH)–C–C–N with tert-alkyl or cyclic N) is 1. The molecule has 2 heterocycles. The van der Waals surface area contributed by atoms with Gasteiger partial charge in [0.25, 0.3) is 0 Å². The number of carbonyl (C=O) groups is 1. The van der Waals surface area contributed by atoms with Crippen molar-refractivity contribution in [3.8, 4) is 5.75 Å². The Bertz CT molecular complexity index is 1030. The molecule has 8 heteroatoms. The van der Waals surface area contributed by atoms with Crippen LogP contribution in [0.4, 0.5) is 10.1 Å².